The van der Waals surface area contributed by atoms with Crippen LogP contribution >= 0.6 is 0 Å². The van der Waals surface area contributed by atoms with Gasteiger partial charge in [0.15, 0.2) is 0 Å². The van der Waals surface area contributed by atoms with Crippen molar-refractivity contribution in [2.45, 2.75) is 13.5 Å². The minimum absolute atomic E-state index is 0.642. The van der Waals surface area contributed by atoms with Gasteiger partial charge in [-0.2, -0.15) is 0 Å². The Labute approximate surface area is 168 Å². The molecule has 2 aromatic carbocycles. The van der Waals surface area contributed by atoms with Crippen LogP contribution in [0.2, 0.25) is 0 Å². The first-order chi connectivity index (χ1) is 14.2. The summed E-state index contributed by atoms with van der Waals surface area (Å²) >= 11 is 0. The molecule has 3 aromatic heterocycles. The summed E-state index contributed by atoms with van der Waals surface area (Å²) in [6.07, 6.45) is 9.24. The van der Waals surface area contributed by atoms with Gasteiger partial charge in [0.25, 0.3) is 0 Å². The van der Waals surface area contributed by atoms with Crippen molar-refractivity contribution in [3.8, 4) is 11.1 Å². The van der Waals surface area contributed by atoms with Crippen molar-refractivity contribution in [2.75, 3.05) is 5.32 Å². The molecule has 0 aliphatic rings. The Hall–Kier alpha value is -3.80. The average Bonchev–Trinajstić information content (AvgIpc) is 3.13. The predicted molar refractivity (Wildman–Crippen MR) is 116 cm³/mol. The average molecular weight is 380 g/mol. The van der Waals surface area contributed by atoms with Gasteiger partial charge in [-0.15, -0.1) is 0 Å². The van der Waals surface area contributed by atoms with E-state index in [0.29, 0.717) is 6.54 Å². The molecule has 0 fully saturated rings. The van der Waals surface area contributed by atoms with E-state index >= 15 is 0 Å². The lowest BCUT2D eigenvalue weighted by Crippen LogP contribution is -2.02. The quantitative estimate of drug-likeness (QED) is 0.497. The fourth-order valence-electron chi connectivity index (χ4n) is 3.56. The second-order valence-electron chi connectivity index (χ2n) is 7.14. The third-order valence-corrected chi connectivity index (χ3v) is 5.10. The topological polar surface area (TPSA) is 68.5 Å². The summed E-state index contributed by atoms with van der Waals surface area (Å²) in [5.74, 6) is 0.772. The van der Waals surface area contributed by atoms with Gasteiger partial charge in [0, 0.05) is 72.3 Å². The monoisotopic (exact) mass is 380 g/mol. The molecular formula is C23H20N6. The van der Waals surface area contributed by atoms with Crippen molar-refractivity contribution >= 4 is 27.6 Å². The number of hydrogen-bond donors (Lipinski definition) is 1. The highest BCUT2D eigenvalue weighted by Crippen LogP contribution is 2.32. The first-order valence-corrected chi connectivity index (χ1v) is 9.49. The Morgan fingerprint density at radius 3 is 2.62 bits per heavy atom. The summed E-state index contributed by atoms with van der Waals surface area (Å²) in [7, 11) is 2.06. The number of hydrogen-bond acceptors (Lipinski definition) is 5. The number of fused-ring (bicyclic) bond motifs is 2. The van der Waals surface area contributed by atoms with Gasteiger partial charge in [0.2, 0.25) is 0 Å². The molecule has 5 rings (SSSR count). The summed E-state index contributed by atoms with van der Waals surface area (Å²) in [5.41, 5.74) is 7.16. The van der Waals surface area contributed by atoms with Crippen LogP contribution < -0.4 is 5.32 Å². The second kappa shape index (κ2) is 6.98. The van der Waals surface area contributed by atoms with Gasteiger partial charge >= 0.3 is 0 Å². The molecule has 0 aliphatic carbocycles. The van der Waals surface area contributed by atoms with Crippen LogP contribution in [-0.2, 0) is 13.6 Å². The van der Waals surface area contributed by atoms with E-state index in [4.69, 9.17) is 0 Å². The molecule has 0 atom stereocenters. The maximum atomic E-state index is 4.60. The minimum Gasteiger partial charge on any atom is -0.381 e. The maximum Gasteiger partial charge on any atom is 0.125 e. The molecule has 5 aromatic rings. The van der Waals surface area contributed by atoms with Crippen LogP contribution in [0.15, 0.2) is 67.4 Å². The van der Waals surface area contributed by atoms with E-state index in [1.54, 1.807) is 12.4 Å². The van der Waals surface area contributed by atoms with E-state index in [2.05, 4.69) is 73.4 Å². The first-order valence-electron chi connectivity index (χ1n) is 9.49. The van der Waals surface area contributed by atoms with Crippen molar-refractivity contribution in [1.29, 1.82) is 0 Å². The van der Waals surface area contributed by atoms with Gasteiger partial charge in [0.05, 0.1) is 11.0 Å². The largest absolute Gasteiger partial charge is 0.381 e. The molecule has 0 aliphatic heterocycles. The molecule has 0 saturated heterocycles. The van der Waals surface area contributed by atoms with E-state index < -0.39 is 0 Å². The standard InChI is InChI=1S/C23H20N6/c1-15-26-12-16(13-27-15)14-28-19-10-20(23-21(11-19)24-6-7-25-23)17-3-4-22-18(9-17)5-8-29(22)2/h3-13,28H,14H2,1-2H3. The summed E-state index contributed by atoms with van der Waals surface area (Å²) in [6, 6.07) is 12.8. The zero-order valence-corrected chi connectivity index (χ0v) is 16.3. The highest BCUT2D eigenvalue weighted by Gasteiger charge is 2.10. The molecule has 0 bridgehead atoms. The number of nitrogens with zero attached hydrogens (tertiary/aromatic N) is 5. The SMILES string of the molecule is Cc1ncc(CNc2cc(-c3ccc4c(ccn4C)c3)c3nccnc3c2)cn1. The molecule has 0 radical (unpaired) electrons. The normalized spacial score (nSPS) is 11.2. The van der Waals surface area contributed by atoms with Crippen molar-refractivity contribution in [1.82, 2.24) is 24.5 Å². The minimum atomic E-state index is 0.642. The van der Waals surface area contributed by atoms with Gasteiger partial charge in [-0.1, -0.05) is 6.07 Å². The van der Waals surface area contributed by atoms with Crippen molar-refractivity contribution in [3.05, 3.63) is 78.8 Å². The Morgan fingerprint density at radius 2 is 1.76 bits per heavy atom. The fraction of sp³-hybridized carbons (Fsp3) is 0.130. The van der Waals surface area contributed by atoms with E-state index in [-0.39, 0.29) is 0 Å². The first kappa shape index (κ1) is 17.3. The van der Waals surface area contributed by atoms with Crippen LogP contribution in [0.25, 0.3) is 33.1 Å². The Kier molecular flexibility index (Phi) is 4.17. The molecule has 29 heavy (non-hydrogen) atoms. The highest BCUT2D eigenvalue weighted by atomic mass is 14.9. The van der Waals surface area contributed by atoms with Crippen molar-refractivity contribution in [3.63, 3.8) is 0 Å². The third kappa shape index (κ3) is 3.29. The fourth-order valence-corrected chi connectivity index (χ4v) is 3.56. The Balaban J connectivity index is 1.56. The van der Waals surface area contributed by atoms with Crippen LogP contribution in [0.5, 0.6) is 0 Å². The summed E-state index contributed by atoms with van der Waals surface area (Å²) in [5, 5.41) is 4.68. The molecule has 6 nitrogen and oxygen atoms in total. The Morgan fingerprint density at radius 1 is 0.931 bits per heavy atom. The number of aryl methyl sites for hydroxylation is 2. The number of nitrogens with one attached hydrogen (secondary N) is 1. The second-order valence-corrected chi connectivity index (χ2v) is 7.14. The molecule has 0 saturated carbocycles. The lowest BCUT2D eigenvalue weighted by atomic mass is 10.0. The van der Waals surface area contributed by atoms with Crippen LogP contribution in [0.4, 0.5) is 5.69 Å². The highest BCUT2D eigenvalue weighted by molar-refractivity contribution is 5.97. The van der Waals surface area contributed by atoms with Gasteiger partial charge in [0.1, 0.15) is 5.82 Å². The molecule has 0 spiro atoms. The molecule has 3 heterocycles. The molecule has 0 amide bonds. The summed E-state index contributed by atoms with van der Waals surface area (Å²) in [4.78, 5) is 17.7. The number of anilines is 1. The van der Waals surface area contributed by atoms with E-state index in [1.807, 2.05) is 25.4 Å². The van der Waals surface area contributed by atoms with E-state index in [0.717, 1.165) is 39.2 Å². The smallest absolute Gasteiger partial charge is 0.125 e. The Bertz CT molecular complexity index is 1320. The number of rotatable bonds is 4. The summed E-state index contributed by atoms with van der Waals surface area (Å²) < 4.78 is 2.12. The van der Waals surface area contributed by atoms with E-state index in [9.17, 15) is 0 Å². The number of benzene rings is 2. The van der Waals surface area contributed by atoms with Crippen molar-refractivity contribution < 1.29 is 0 Å². The number of aromatic nitrogens is 5. The molecule has 0 unspecified atom stereocenters. The predicted octanol–water partition coefficient (Wildman–Crippen LogP) is 4.50. The summed E-state index contributed by atoms with van der Waals surface area (Å²) in [6.45, 7) is 2.53. The van der Waals surface area contributed by atoms with Crippen LogP contribution in [-0.4, -0.2) is 24.5 Å². The van der Waals surface area contributed by atoms with Gasteiger partial charge in [-0.25, -0.2) is 9.97 Å². The lowest BCUT2D eigenvalue weighted by Gasteiger charge is -2.12. The van der Waals surface area contributed by atoms with Crippen LogP contribution in [0.3, 0.4) is 0 Å². The zero-order valence-electron chi connectivity index (χ0n) is 16.3. The van der Waals surface area contributed by atoms with E-state index in [1.165, 1.54) is 10.9 Å². The van der Waals surface area contributed by atoms with Crippen molar-refractivity contribution in [2.24, 2.45) is 7.05 Å². The van der Waals surface area contributed by atoms with Gasteiger partial charge in [-0.05, 0) is 42.8 Å². The van der Waals surface area contributed by atoms with Crippen LogP contribution in [0.1, 0.15) is 11.4 Å². The molecular weight excluding hydrogens is 360 g/mol. The third-order valence-electron chi connectivity index (χ3n) is 5.10. The zero-order chi connectivity index (χ0) is 19.8. The molecule has 142 valence electrons. The lowest BCUT2D eigenvalue weighted by molar-refractivity contribution is 0.969. The molecule has 1 N–H and O–H groups in total. The maximum absolute atomic E-state index is 4.60. The van der Waals surface area contributed by atoms with Gasteiger partial charge in [-0.3, -0.25) is 9.97 Å². The molecule has 6 heteroatoms. The van der Waals surface area contributed by atoms with Crippen LogP contribution in [0, 0.1) is 6.92 Å². The van der Waals surface area contributed by atoms with Gasteiger partial charge < -0.3 is 9.88 Å².